The average Bonchev–Trinajstić information content (AvgIpc) is 3.06. The third-order valence-electron chi connectivity index (χ3n) is 4.00. The zero-order valence-corrected chi connectivity index (χ0v) is 18.5. The van der Waals surface area contributed by atoms with Crippen LogP contribution >= 0.6 is 24.0 Å². The van der Waals surface area contributed by atoms with Crippen LogP contribution in [0.5, 0.6) is 5.75 Å². The summed E-state index contributed by atoms with van der Waals surface area (Å²) in [7, 11) is 3.40. The molecule has 26 heavy (non-hydrogen) atoms. The molecule has 0 aliphatic heterocycles. The molecule has 7 nitrogen and oxygen atoms in total. The highest BCUT2D eigenvalue weighted by Crippen LogP contribution is 2.23. The molecule has 0 atom stereocenters. The van der Waals surface area contributed by atoms with Gasteiger partial charge in [0.1, 0.15) is 5.75 Å². The molecule has 0 aromatic carbocycles. The Bertz CT molecular complexity index is 743. The molecule has 0 saturated carbocycles. The number of halogens is 1. The molecule has 0 unspecified atom stereocenters. The largest absolute Gasteiger partial charge is 0.496 e. The molecule has 2 rings (SSSR count). The van der Waals surface area contributed by atoms with Crippen LogP contribution in [0.3, 0.4) is 0 Å². The molecule has 0 saturated heterocycles. The molecule has 0 amide bonds. The fraction of sp³-hybridized carbons (Fsp3) is 0.500. The molecule has 0 aliphatic carbocycles. The van der Waals surface area contributed by atoms with Gasteiger partial charge in [-0.3, -0.25) is 9.98 Å². The van der Waals surface area contributed by atoms with E-state index in [9.17, 15) is 0 Å². The van der Waals surface area contributed by atoms with Crippen LogP contribution in [0.25, 0.3) is 0 Å². The van der Waals surface area contributed by atoms with E-state index in [1.54, 1.807) is 14.2 Å². The number of pyridine rings is 1. The van der Waals surface area contributed by atoms with Crippen molar-refractivity contribution in [2.75, 3.05) is 14.2 Å². The van der Waals surface area contributed by atoms with Gasteiger partial charge in [0, 0.05) is 30.4 Å². The van der Waals surface area contributed by atoms with Crippen LogP contribution in [-0.4, -0.2) is 30.3 Å². The molecule has 0 spiro atoms. The van der Waals surface area contributed by atoms with Gasteiger partial charge in [0.2, 0.25) is 0 Å². The van der Waals surface area contributed by atoms with Gasteiger partial charge in [-0.1, -0.05) is 19.0 Å². The maximum absolute atomic E-state index is 5.44. The van der Waals surface area contributed by atoms with Crippen LogP contribution in [0.1, 0.15) is 48.0 Å². The molecule has 2 aromatic rings. The van der Waals surface area contributed by atoms with Crippen molar-refractivity contribution >= 4 is 29.9 Å². The van der Waals surface area contributed by atoms with Gasteiger partial charge in [0.25, 0.3) is 0 Å². The molecule has 2 heterocycles. The Hall–Kier alpha value is -1.84. The van der Waals surface area contributed by atoms with Crippen molar-refractivity contribution in [3.8, 4) is 5.75 Å². The minimum absolute atomic E-state index is 0. The van der Waals surface area contributed by atoms with E-state index >= 15 is 0 Å². The van der Waals surface area contributed by atoms with Gasteiger partial charge in [-0.15, -0.1) is 24.0 Å². The van der Waals surface area contributed by atoms with Crippen LogP contribution < -0.4 is 15.4 Å². The molecule has 0 fully saturated rings. The van der Waals surface area contributed by atoms with Crippen LogP contribution in [-0.2, 0) is 13.1 Å². The summed E-state index contributed by atoms with van der Waals surface area (Å²) in [4.78, 5) is 8.70. The molecule has 2 aromatic heterocycles. The number of guanidine groups is 1. The first-order valence-corrected chi connectivity index (χ1v) is 8.35. The summed E-state index contributed by atoms with van der Waals surface area (Å²) in [6.45, 7) is 9.23. The summed E-state index contributed by atoms with van der Waals surface area (Å²) in [5.74, 6) is 2.67. The lowest BCUT2D eigenvalue weighted by Gasteiger charge is -2.14. The molecule has 0 aliphatic rings. The lowest BCUT2D eigenvalue weighted by atomic mass is 10.1. The molecule has 0 radical (unpaired) electrons. The zero-order chi connectivity index (χ0) is 18.4. The van der Waals surface area contributed by atoms with Gasteiger partial charge in [-0.25, -0.2) is 0 Å². The van der Waals surface area contributed by atoms with Crippen LogP contribution in [0.4, 0.5) is 0 Å². The van der Waals surface area contributed by atoms with Gasteiger partial charge < -0.3 is 19.9 Å². The van der Waals surface area contributed by atoms with Gasteiger partial charge in [-0.2, -0.15) is 0 Å². The Morgan fingerprint density at radius 3 is 2.54 bits per heavy atom. The predicted molar refractivity (Wildman–Crippen MR) is 113 cm³/mol. The molecular formula is C18H28IN5O2. The van der Waals surface area contributed by atoms with E-state index in [0.717, 1.165) is 34.0 Å². The standard InChI is InChI=1S/C18H27N5O2.HI/c1-11(2)15-7-14(25-23-15)9-21-18(19-5)22-10-16-13(4)17(24-6)12(3)8-20-16;/h7-8,11H,9-10H2,1-6H3,(H2,19,21,22);1H. The summed E-state index contributed by atoms with van der Waals surface area (Å²) in [6.07, 6.45) is 1.82. The van der Waals surface area contributed by atoms with Crippen LogP contribution in [0, 0.1) is 13.8 Å². The molecule has 2 N–H and O–H groups in total. The lowest BCUT2D eigenvalue weighted by molar-refractivity contribution is 0.372. The maximum atomic E-state index is 5.44. The summed E-state index contributed by atoms with van der Waals surface area (Å²) < 4.78 is 10.8. The summed E-state index contributed by atoms with van der Waals surface area (Å²) in [5.41, 5.74) is 3.93. The first-order chi connectivity index (χ1) is 12.0. The van der Waals surface area contributed by atoms with Gasteiger partial charge in [-0.05, 0) is 19.8 Å². The second-order valence-corrected chi connectivity index (χ2v) is 6.20. The van der Waals surface area contributed by atoms with Gasteiger partial charge >= 0.3 is 0 Å². The normalized spacial score (nSPS) is 11.3. The highest BCUT2D eigenvalue weighted by Gasteiger charge is 2.11. The number of aliphatic imine (C=N–C) groups is 1. The lowest BCUT2D eigenvalue weighted by Crippen LogP contribution is -2.36. The quantitative estimate of drug-likeness (QED) is 0.381. The fourth-order valence-corrected chi connectivity index (χ4v) is 2.49. The van der Waals surface area contributed by atoms with Gasteiger partial charge in [0.15, 0.2) is 11.7 Å². The first-order valence-electron chi connectivity index (χ1n) is 8.35. The van der Waals surface area contributed by atoms with E-state index in [1.165, 1.54) is 0 Å². The molecular weight excluding hydrogens is 445 g/mol. The fourth-order valence-electron chi connectivity index (χ4n) is 2.49. The summed E-state index contributed by atoms with van der Waals surface area (Å²) in [5, 5.41) is 10.5. The monoisotopic (exact) mass is 473 g/mol. The van der Waals surface area contributed by atoms with E-state index in [0.29, 0.717) is 25.0 Å². The zero-order valence-electron chi connectivity index (χ0n) is 16.2. The van der Waals surface area contributed by atoms with Crippen molar-refractivity contribution in [2.45, 2.75) is 46.7 Å². The van der Waals surface area contributed by atoms with E-state index in [4.69, 9.17) is 9.26 Å². The smallest absolute Gasteiger partial charge is 0.191 e. The van der Waals surface area contributed by atoms with E-state index in [1.807, 2.05) is 26.1 Å². The van der Waals surface area contributed by atoms with Crippen molar-refractivity contribution in [1.82, 2.24) is 20.8 Å². The topological polar surface area (TPSA) is 84.6 Å². The Kier molecular flexibility index (Phi) is 8.83. The Morgan fingerprint density at radius 2 is 1.96 bits per heavy atom. The van der Waals surface area contributed by atoms with E-state index < -0.39 is 0 Å². The van der Waals surface area contributed by atoms with Crippen molar-refractivity contribution in [3.05, 3.63) is 40.5 Å². The Labute approximate surface area is 172 Å². The number of nitrogens with one attached hydrogen (secondary N) is 2. The SMILES string of the molecule is CN=C(NCc1cc(C(C)C)no1)NCc1ncc(C)c(OC)c1C.I. The second kappa shape index (κ2) is 10.3. The maximum Gasteiger partial charge on any atom is 0.191 e. The number of rotatable bonds is 6. The minimum Gasteiger partial charge on any atom is -0.496 e. The first kappa shape index (κ1) is 22.2. The third-order valence-corrected chi connectivity index (χ3v) is 4.00. The summed E-state index contributed by atoms with van der Waals surface area (Å²) in [6, 6.07) is 1.96. The Morgan fingerprint density at radius 1 is 1.27 bits per heavy atom. The number of aryl methyl sites for hydroxylation is 1. The van der Waals surface area contributed by atoms with Crippen LogP contribution in [0.2, 0.25) is 0 Å². The van der Waals surface area contributed by atoms with E-state index in [-0.39, 0.29) is 24.0 Å². The Balaban J connectivity index is 0.00000338. The van der Waals surface area contributed by atoms with Gasteiger partial charge in [0.05, 0.1) is 31.6 Å². The number of methoxy groups -OCH3 is 1. The van der Waals surface area contributed by atoms with E-state index in [2.05, 4.69) is 39.6 Å². The third kappa shape index (κ3) is 5.58. The number of hydrogen-bond acceptors (Lipinski definition) is 5. The molecule has 8 heteroatoms. The highest BCUT2D eigenvalue weighted by atomic mass is 127. The van der Waals surface area contributed by atoms with Crippen molar-refractivity contribution in [1.29, 1.82) is 0 Å². The second-order valence-electron chi connectivity index (χ2n) is 6.20. The molecule has 0 bridgehead atoms. The van der Waals surface area contributed by atoms with Crippen molar-refractivity contribution < 1.29 is 9.26 Å². The summed E-state index contributed by atoms with van der Waals surface area (Å²) >= 11 is 0. The predicted octanol–water partition coefficient (Wildman–Crippen LogP) is 3.30. The highest BCUT2D eigenvalue weighted by molar-refractivity contribution is 14.0. The number of aromatic nitrogens is 2. The number of nitrogens with zero attached hydrogens (tertiary/aromatic N) is 3. The van der Waals surface area contributed by atoms with Crippen molar-refractivity contribution in [2.24, 2.45) is 4.99 Å². The average molecular weight is 473 g/mol. The van der Waals surface area contributed by atoms with Crippen LogP contribution in [0.15, 0.2) is 21.8 Å². The molecule has 144 valence electrons. The number of hydrogen-bond donors (Lipinski definition) is 2. The minimum atomic E-state index is 0. The van der Waals surface area contributed by atoms with Crippen molar-refractivity contribution in [3.63, 3.8) is 0 Å². The number of ether oxygens (including phenoxy) is 1.